The highest BCUT2D eigenvalue weighted by Crippen LogP contribution is 2.27. The summed E-state index contributed by atoms with van der Waals surface area (Å²) in [6.07, 6.45) is 1.67. The molecule has 0 bridgehead atoms. The van der Waals surface area contributed by atoms with Gasteiger partial charge in [0.25, 0.3) is 0 Å². The molecular weight excluding hydrogens is 147 g/mol. The summed E-state index contributed by atoms with van der Waals surface area (Å²) < 4.78 is 17.4. The summed E-state index contributed by atoms with van der Waals surface area (Å²) in [6, 6.07) is 0. The first kappa shape index (κ1) is 8.24. The van der Waals surface area contributed by atoms with Gasteiger partial charge in [-0.3, -0.25) is 0 Å². The van der Waals surface area contributed by atoms with Gasteiger partial charge in [-0.15, -0.1) is 0 Å². The summed E-state index contributed by atoms with van der Waals surface area (Å²) in [5, 5.41) is 0. The molecule has 62 valence electrons. The maximum atomic E-state index is 12.7. The van der Waals surface area contributed by atoms with Crippen LogP contribution in [0, 0.1) is 0 Å². The average Bonchev–Trinajstić information content (AvgIpc) is 2.36. The standard InChI is InChI=1S/C8H11FO2/c1-2-11-8(10)6-4-3-5-7(6)9/h2-5H2,1H3. The molecule has 0 fully saturated rings. The Morgan fingerprint density at radius 3 is 2.82 bits per heavy atom. The van der Waals surface area contributed by atoms with Gasteiger partial charge in [-0.2, -0.15) is 0 Å². The first-order valence-electron chi connectivity index (χ1n) is 3.80. The summed E-state index contributed by atoms with van der Waals surface area (Å²) in [7, 11) is 0. The molecule has 1 aliphatic rings. The van der Waals surface area contributed by atoms with Crippen LogP contribution < -0.4 is 0 Å². The second kappa shape index (κ2) is 3.51. The van der Waals surface area contributed by atoms with Gasteiger partial charge in [0.15, 0.2) is 0 Å². The third kappa shape index (κ3) is 1.79. The second-order valence-electron chi connectivity index (χ2n) is 2.46. The van der Waals surface area contributed by atoms with Crippen molar-refractivity contribution in [3.63, 3.8) is 0 Å². The molecule has 1 aliphatic carbocycles. The van der Waals surface area contributed by atoms with E-state index in [1.807, 2.05) is 0 Å². The Hall–Kier alpha value is -0.860. The molecular formula is C8H11FO2. The van der Waals surface area contributed by atoms with Gasteiger partial charge in [0.1, 0.15) is 5.83 Å². The normalized spacial score (nSPS) is 17.3. The molecule has 0 unspecified atom stereocenters. The van der Waals surface area contributed by atoms with Gasteiger partial charge in [0.2, 0.25) is 0 Å². The highest BCUT2D eigenvalue weighted by atomic mass is 19.1. The van der Waals surface area contributed by atoms with Crippen molar-refractivity contribution in [2.45, 2.75) is 26.2 Å². The van der Waals surface area contributed by atoms with Crippen molar-refractivity contribution in [2.75, 3.05) is 6.61 Å². The van der Waals surface area contributed by atoms with Crippen molar-refractivity contribution >= 4 is 5.97 Å². The predicted molar refractivity (Wildman–Crippen MR) is 38.6 cm³/mol. The van der Waals surface area contributed by atoms with Crippen molar-refractivity contribution < 1.29 is 13.9 Å². The van der Waals surface area contributed by atoms with Crippen LogP contribution >= 0.6 is 0 Å². The summed E-state index contributed by atoms with van der Waals surface area (Å²) in [5.41, 5.74) is 0.242. The van der Waals surface area contributed by atoms with Gasteiger partial charge >= 0.3 is 5.97 Å². The van der Waals surface area contributed by atoms with Crippen molar-refractivity contribution in [3.05, 3.63) is 11.4 Å². The Bertz CT molecular complexity index is 196. The van der Waals surface area contributed by atoms with E-state index in [2.05, 4.69) is 4.74 Å². The van der Waals surface area contributed by atoms with Crippen molar-refractivity contribution in [1.82, 2.24) is 0 Å². The van der Waals surface area contributed by atoms with Gasteiger partial charge in [-0.05, 0) is 19.8 Å². The molecule has 2 nitrogen and oxygen atoms in total. The van der Waals surface area contributed by atoms with E-state index in [0.29, 0.717) is 19.4 Å². The number of carbonyl (C=O) groups is 1. The molecule has 0 saturated carbocycles. The Morgan fingerprint density at radius 2 is 2.36 bits per heavy atom. The molecule has 0 aromatic carbocycles. The van der Waals surface area contributed by atoms with E-state index in [9.17, 15) is 9.18 Å². The first-order valence-corrected chi connectivity index (χ1v) is 3.80. The van der Waals surface area contributed by atoms with Crippen LogP contribution in [0.5, 0.6) is 0 Å². The lowest BCUT2D eigenvalue weighted by atomic mass is 10.2. The number of allylic oxidation sites excluding steroid dienone is 1. The van der Waals surface area contributed by atoms with Crippen molar-refractivity contribution in [1.29, 1.82) is 0 Å². The average molecular weight is 158 g/mol. The monoisotopic (exact) mass is 158 g/mol. The molecule has 0 aromatic heterocycles. The number of hydrogen-bond acceptors (Lipinski definition) is 2. The first-order chi connectivity index (χ1) is 5.25. The quantitative estimate of drug-likeness (QED) is 0.574. The van der Waals surface area contributed by atoms with Gasteiger partial charge in [-0.1, -0.05) is 0 Å². The number of esters is 1. The Morgan fingerprint density at radius 1 is 1.64 bits per heavy atom. The summed E-state index contributed by atoms with van der Waals surface area (Å²) in [4.78, 5) is 10.9. The number of rotatable bonds is 2. The Balaban J connectivity index is 2.59. The molecule has 0 saturated heterocycles. The van der Waals surface area contributed by atoms with E-state index in [0.717, 1.165) is 6.42 Å². The van der Waals surface area contributed by atoms with Gasteiger partial charge in [-0.25, -0.2) is 9.18 Å². The molecule has 0 aromatic rings. The Kier molecular flexibility index (Phi) is 2.63. The van der Waals surface area contributed by atoms with Crippen LogP contribution in [0.2, 0.25) is 0 Å². The fourth-order valence-electron chi connectivity index (χ4n) is 1.14. The lowest BCUT2D eigenvalue weighted by molar-refractivity contribution is -0.138. The van der Waals surface area contributed by atoms with Crippen molar-refractivity contribution in [2.24, 2.45) is 0 Å². The Labute approximate surface area is 65.0 Å². The molecule has 0 amide bonds. The van der Waals surface area contributed by atoms with E-state index in [1.165, 1.54) is 0 Å². The predicted octanol–water partition coefficient (Wildman–Crippen LogP) is 1.96. The van der Waals surface area contributed by atoms with E-state index in [4.69, 9.17) is 0 Å². The summed E-state index contributed by atoms with van der Waals surface area (Å²) in [5.74, 6) is -0.772. The largest absolute Gasteiger partial charge is 0.463 e. The fraction of sp³-hybridized carbons (Fsp3) is 0.625. The number of hydrogen-bond donors (Lipinski definition) is 0. The number of carbonyl (C=O) groups excluding carboxylic acids is 1. The van der Waals surface area contributed by atoms with Crippen LogP contribution in [0.3, 0.4) is 0 Å². The summed E-state index contributed by atoms with van der Waals surface area (Å²) >= 11 is 0. The van der Waals surface area contributed by atoms with E-state index < -0.39 is 5.97 Å². The highest BCUT2D eigenvalue weighted by molar-refractivity contribution is 5.89. The third-order valence-corrected chi connectivity index (χ3v) is 1.67. The second-order valence-corrected chi connectivity index (χ2v) is 2.46. The van der Waals surface area contributed by atoms with Gasteiger partial charge in [0, 0.05) is 6.42 Å². The molecule has 0 spiro atoms. The molecule has 11 heavy (non-hydrogen) atoms. The van der Waals surface area contributed by atoms with Crippen LogP contribution in [0.15, 0.2) is 11.4 Å². The zero-order valence-corrected chi connectivity index (χ0v) is 6.52. The molecule has 3 heteroatoms. The minimum absolute atomic E-state index is 0.242. The highest BCUT2D eigenvalue weighted by Gasteiger charge is 2.21. The van der Waals surface area contributed by atoms with Crippen LogP contribution in [-0.2, 0) is 9.53 Å². The third-order valence-electron chi connectivity index (χ3n) is 1.67. The molecule has 0 heterocycles. The topological polar surface area (TPSA) is 26.3 Å². The fourth-order valence-corrected chi connectivity index (χ4v) is 1.14. The van der Waals surface area contributed by atoms with Crippen molar-refractivity contribution in [3.8, 4) is 0 Å². The summed E-state index contributed by atoms with van der Waals surface area (Å²) in [6.45, 7) is 2.03. The zero-order valence-electron chi connectivity index (χ0n) is 6.52. The van der Waals surface area contributed by atoms with E-state index in [-0.39, 0.29) is 11.4 Å². The maximum Gasteiger partial charge on any atom is 0.336 e. The maximum absolute atomic E-state index is 12.7. The molecule has 0 radical (unpaired) electrons. The minimum atomic E-state index is -0.484. The SMILES string of the molecule is CCOC(=O)C1=C(F)CCC1. The van der Waals surface area contributed by atoms with Crippen LogP contribution in [-0.4, -0.2) is 12.6 Å². The minimum Gasteiger partial charge on any atom is -0.463 e. The van der Waals surface area contributed by atoms with Crippen LogP contribution in [0.25, 0.3) is 0 Å². The molecule has 0 aliphatic heterocycles. The zero-order chi connectivity index (χ0) is 8.27. The van der Waals surface area contributed by atoms with Crippen LogP contribution in [0.4, 0.5) is 4.39 Å². The molecule has 0 N–H and O–H groups in total. The van der Waals surface area contributed by atoms with Crippen LogP contribution in [0.1, 0.15) is 26.2 Å². The number of halogens is 1. The molecule has 0 atom stereocenters. The smallest absolute Gasteiger partial charge is 0.336 e. The van der Waals surface area contributed by atoms with Gasteiger partial charge in [0.05, 0.1) is 12.2 Å². The number of ether oxygens (including phenoxy) is 1. The lowest BCUT2D eigenvalue weighted by Gasteiger charge is -2.00. The van der Waals surface area contributed by atoms with E-state index in [1.54, 1.807) is 6.92 Å². The lowest BCUT2D eigenvalue weighted by Crippen LogP contribution is -2.06. The van der Waals surface area contributed by atoms with E-state index >= 15 is 0 Å². The van der Waals surface area contributed by atoms with Gasteiger partial charge < -0.3 is 4.74 Å². The molecule has 1 rings (SSSR count).